The van der Waals surface area contributed by atoms with Crippen molar-refractivity contribution in [3.05, 3.63) is 52.3 Å². The molecule has 0 radical (unpaired) electrons. The van der Waals surface area contributed by atoms with Crippen LogP contribution in [0.1, 0.15) is 117 Å². The number of rotatable bonds is 14. The highest BCUT2D eigenvalue weighted by molar-refractivity contribution is 6.24. The molecule has 1 N–H and O–H groups in total. The van der Waals surface area contributed by atoms with Crippen molar-refractivity contribution in [1.29, 1.82) is 0 Å². The molecule has 3 aliphatic carbocycles. The Bertz CT molecular complexity index is 1730. The molecule has 284 valence electrons. The van der Waals surface area contributed by atoms with Gasteiger partial charge in [-0.2, -0.15) is 0 Å². The number of ether oxygens (including phenoxy) is 3. The fraction of sp³-hybridized carbons (Fsp3) is 0.615. The van der Waals surface area contributed by atoms with Crippen LogP contribution in [0.4, 0.5) is 13.2 Å². The smallest absolute Gasteiger partial charge is 0.507 e. The van der Waals surface area contributed by atoms with Gasteiger partial charge < -0.3 is 23.8 Å². The summed E-state index contributed by atoms with van der Waals surface area (Å²) >= 11 is 0. The maximum absolute atomic E-state index is 15.1. The summed E-state index contributed by atoms with van der Waals surface area (Å²) in [5.41, 5.74) is -0.958. The van der Waals surface area contributed by atoms with E-state index < -0.39 is 53.0 Å². The molecule has 2 fully saturated rings. The highest BCUT2D eigenvalue weighted by atomic mass is 19.4. The Morgan fingerprint density at radius 1 is 1.12 bits per heavy atom. The van der Waals surface area contributed by atoms with E-state index in [1.54, 1.807) is 19.1 Å². The minimum absolute atomic E-state index is 0.0124. The zero-order valence-corrected chi connectivity index (χ0v) is 30.7. The van der Waals surface area contributed by atoms with E-state index in [2.05, 4.69) is 16.6 Å². The van der Waals surface area contributed by atoms with Gasteiger partial charge in [-0.3, -0.25) is 19.4 Å². The van der Waals surface area contributed by atoms with Crippen LogP contribution in [0.3, 0.4) is 0 Å². The van der Waals surface area contributed by atoms with Crippen molar-refractivity contribution in [2.45, 2.75) is 97.0 Å². The number of allylic oxidation sites excluding steroid dienone is 1. The number of hydrogen-bond donors (Lipinski definition) is 1. The average Bonchev–Trinajstić information content (AvgIpc) is 3.72. The molecule has 4 aliphatic rings. The van der Waals surface area contributed by atoms with Gasteiger partial charge in [0.1, 0.15) is 28.2 Å². The molecule has 2 heterocycles. The van der Waals surface area contributed by atoms with Crippen molar-refractivity contribution < 1.29 is 46.6 Å². The molecule has 1 saturated carbocycles. The lowest BCUT2D eigenvalue weighted by atomic mass is 9.50. The highest BCUT2D eigenvalue weighted by Gasteiger charge is 2.65. The molecule has 2 aromatic rings. The molecule has 1 unspecified atom stereocenters. The number of unbranched alkanes of at least 4 members (excludes halogenated alkanes) is 2. The van der Waals surface area contributed by atoms with Gasteiger partial charge in [-0.15, -0.1) is 19.8 Å². The van der Waals surface area contributed by atoms with Crippen molar-refractivity contribution in [3.63, 3.8) is 0 Å². The number of likely N-dealkylation sites (tertiary alicyclic amines) is 1. The third-order valence-electron chi connectivity index (χ3n) is 11.4. The number of alkyl halides is 3. The Morgan fingerprint density at radius 2 is 1.83 bits per heavy atom. The van der Waals surface area contributed by atoms with Gasteiger partial charge in [-0.05, 0) is 82.7 Å². The molecule has 1 aliphatic heterocycles. The predicted octanol–water partition coefficient (Wildman–Crippen LogP) is 8.18. The van der Waals surface area contributed by atoms with Crippen LogP contribution in [0.5, 0.6) is 17.4 Å². The maximum Gasteiger partial charge on any atom is 0.573 e. The van der Waals surface area contributed by atoms with Crippen molar-refractivity contribution in [3.8, 4) is 17.4 Å². The van der Waals surface area contributed by atoms with Gasteiger partial charge >= 0.3 is 6.36 Å². The van der Waals surface area contributed by atoms with Gasteiger partial charge in [-0.1, -0.05) is 39.7 Å². The SMILES string of the molecule is C=CCN1CCCC1c1cc(OCCCC)c2c(c1OC(F)(F)F)C[C@H]1C[C@H]3[C@H](N(C)C)c4onc(OCCCC)c4C(=O)[C@@]3(CC)C(=O)C1=C2O. The Labute approximate surface area is 302 Å². The molecule has 0 spiro atoms. The van der Waals surface area contributed by atoms with Gasteiger partial charge in [0.25, 0.3) is 5.88 Å². The van der Waals surface area contributed by atoms with Crippen LogP contribution >= 0.6 is 0 Å². The number of carbonyl (C=O) groups excluding carboxylic acids is 2. The number of fused-ring (bicyclic) bond motifs is 4. The van der Waals surface area contributed by atoms with Crippen molar-refractivity contribution in [2.75, 3.05) is 40.4 Å². The van der Waals surface area contributed by atoms with Crippen LogP contribution in [0.25, 0.3) is 5.76 Å². The van der Waals surface area contributed by atoms with E-state index in [9.17, 15) is 23.1 Å². The predicted molar refractivity (Wildman–Crippen MR) is 188 cm³/mol. The van der Waals surface area contributed by atoms with Gasteiger partial charge in [-0.25, -0.2) is 0 Å². The summed E-state index contributed by atoms with van der Waals surface area (Å²) in [7, 11) is 3.65. The topological polar surface area (TPSA) is 115 Å². The number of Topliss-reactive ketones (excluding diaryl/α,β-unsaturated/α-hetero) is 2. The van der Waals surface area contributed by atoms with E-state index in [1.807, 2.05) is 32.8 Å². The van der Waals surface area contributed by atoms with Crippen molar-refractivity contribution >= 4 is 17.3 Å². The summed E-state index contributed by atoms with van der Waals surface area (Å²) in [6, 6.07) is 0.561. The summed E-state index contributed by atoms with van der Waals surface area (Å²) < 4.78 is 65.8. The molecule has 13 heteroatoms. The van der Waals surface area contributed by atoms with E-state index in [-0.39, 0.29) is 65.5 Å². The zero-order valence-electron chi connectivity index (χ0n) is 30.7. The first-order valence-electron chi connectivity index (χ1n) is 18.6. The van der Waals surface area contributed by atoms with Gasteiger partial charge in [0.05, 0.1) is 24.8 Å². The molecule has 5 atom stereocenters. The van der Waals surface area contributed by atoms with E-state index >= 15 is 4.79 Å². The monoisotopic (exact) mass is 729 g/mol. The van der Waals surface area contributed by atoms with Crippen LogP contribution < -0.4 is 14.2 Å². The number of aliphatic hydroxyl groups is 1. The number of aliphatic hydroxyl groups excluding tert-OH is 1. The molecule has 52 heavy (non-hydrogen) atoms. The second-order valence-electron chi connectivity index (χ2n) is 14.7. The maximum atomic E-state index is 15.1. The van der Waals surface area contributed by atoms with Crippen LogP contribution in [0.15, 0.2) is 28.8 Å². The van der Waals surface area contributed by atoms with E-state index in [0.717, 1.165) is 25.7 Å². The molecular weight excluding hydrogens is 679 g/mol. The summed E-state index contributed by atoms with van der Waals surface area (Å²) in [5.74, 6) is -2.67. The first kappa shape index (κ1) is 37.9. The Balaban J connectivity index is 1.56. The molecule has 6 rings (SSSR count). The second-order valence-corrected chi connectivity index (χ2v) is 14.7. The lowest BCUT2D eigenvalue weighted by Gasteiger charge is -2.52. The van der Waals surface area contributed by atoms with E-state index in [1.165, 1.54) is 0 Å². The Kier molecular flexibility index (Phi) is 10.9. The van der Waals surface area contributed by atoms with Crippen LogP contribution in [0.2, 0.25) is 0 Å². The normalized spacial score (nSPS) is 25.9. The number of aromatic nitrogens is 1. The Morgan fingerprint density at radius 3 is 2.46 bits per heavy atom. The van der Waals surface area contributed by atoms with Crippen LogP contribution in [0, 0.1) is 17.3 Å². The lowest BCUT2D eigenvalue weighted by Crippen LogP contribution is -2.58. The average molecular weight is 730 g/mol. The minimum Gasteiger partial charge on any atom is -0.507 e. The van der Waals surface area contributed by atoms with E-state index in [4.69, 9.17) is 18.7 Å². The Hall–Kier alpha value is -3.84. The standard InChI is InChI=1S/C39H50F3N3O7/c1-7-11-17-49-27-21-23(26-14-13-16-45(26)15-9-3)33(51-39(40,41)42)24-19-22-20-25-31(44(5)6)34-30(37(43-52-34)50-18-12-8-2)36(48)38(25,10-4)35(47)28(22)32(46)29(24)27/h9,21-22,25-26,31,46H,3,7-8,10-20H2,1-2,4-6H3/t22-,25-,26?,31-,38+/m0/s1. The fourth-order valence-electron chi connectivity index (χ4n) is 9.11. The summed E-state index contributed by atoms with van der Waals surface area (Å²) in [6.07, 6.45) is 1.43. The molecular formula is C39H50F3N3O7. The van der Waals surface area contributed by atoms with Crippen LogP contribution in [-0.2, 0) is 11.2 Å². The van der Waals surface area contributed by atoms with Gasteiger partial charge in [0.15, 0.2) is 17.3 Å². The molecule has 1 saturated heterocycles. The minimum atomic E-state index is -5.03. The van der Waals surface area contributed by atoms with Crippen molar-refractivity contribution in [1.82, 2.24) is 15.0 Å². The second kappa shape index (κ2) is 14.9. The quantitative estimate of drug-likeness (QED) is 0.116. The number of benzene rings is 1. The number of carbonyl (C=O) groups is 2. The molecule has 0 bridgehead atoms. The summed E-state index contributed by atoms with van der Waals surface area (Å²) in [5, 5.41) is 16.4. The highest BCUT2D eigenvalue weighted by Crippen LogP contribution is 2.62. The van der Waals surface area contributed by atoms with Gasteiger partial charge in [0.2, 0.25) is 0 Å². The zero-order chi connectivity index (χ0) is 37.5. The first-order chi connectivity index (χ1) is 24.8. The third kappa shape index (κ3) is 6.31. The number of nitrogens with zero attached hydrogens (tertiary/aromatic N) is 3. The third-order valence-corrected chi connectivity index (χ3v) is 11.4. The molecule has 0 amide bonds. The molecule has 1 aromatic carbocycles. The number of hydrogen-bond acceptors (Lipinski definition) is 10. The fourth-order valence-corrected chi connectivity index (χ4v) is 9.11. The van der Waals surface area contributed by atoms with Crippen LogP contribution in [-0.4, -0.2) is 78.4 Å². The summed E-state index contributed by atoms with van der Waals surface area (Å²) in [4.78, 5) is 33.8. The molecule has 10 nitrogen and oxygen atoms in total. The number of ketones is 2. The van der Waals surface area contributed by atoms with E-state index in [0.29, 0.717) is 43.9 Å². The largest absolute Gasteiger partial charge is 0.573 e. The van der Waals surface area contributed by atoms with Crippen molar-refractivity contribution in [2.24, 2.45) is 17.3 Å². The first-order valence-corrected chi connectivity index (χ1v) is 18.6. The summed E-state index contributed by atoms with van der Waals surface area (Å²) in [6.45, 7) is 11.3. The lowest BCUT2D eigenvalue weighted by molar-refractivity contribution is -0.275. The van der Waals surface area contributed by atoms with Gasteiger partial charge in [0, 0.05) is 35.2 Å². The molecule has 1 aromatic heterocycles. The number of halogens is 3.